The lowest BCUT2D eigenvalue weighted by molar-refractivity contribution is 0.344. The number of methoxy groups -OCH3 is 1. The lowest BCUT2D eigenvalue weighted by Crippen LogP contribution is -1.86. The predicted molar refractivity (Wildman–Crippen MR) is 46.4 cm³/mol. The molecule has 0 unspecified atom stereocenters. The number of rotatable bonds is 2. The lowest BCUT2D eigenvalue weighted by atomic mass is 10.2. The molecule has 0 radical (unpaired) electrons. The quantitative estimate of drug-likeness (QED) is 0.703. The van der Waals surface area contributed by atoms with Gasteiger partial charge in [-0.1, -0.05) is 12.7 Å². The highest BCUT2D eigenvalue weighted by Crippen LogP contribution is 2.38. The highest BCUT2D eigenvalue weighted by atomic mass is 16.5. The number of ether oxygens (including phenoxy) is 1. The van der Waals surface area contributed by atoms with E-state index in [0.29, 0.717) is 5.56 Å². The molecule has 0 aliphatic heterocycles. The summed E-state index contributed by atoms with van der Waals surface area (Å²) in [6.07, 6.45) is 1.48. The maximum absolute atomic E-state index is 9.41. The van der Waals surface area contributed by atoms with Gasteiger partial charge in [0, 0.05) is 5.56 Å². The van der Waals surface area contributed by atoms with Crippen molar-refractivity contribution in [3.8, 4) is 17.2 Å². The van der Waals surface area contributed by atoms with Crippen LogP contribution in [0.15, 0.2) is 18.7 Å². The Bertz CT molecular complexity index is 305. The zero-order valence-corrected chi connectivity index (χ0v) is 6.74. The zero-order chi connectivity index (χ0) is 9.14. The molecule has 0 bridgehead atoms. The average molecular weight is 166 g/mol. The van der Waals surface area contributed by atoms with Crippen molar-refractivity contribution in [2.24, 2.45) is 0 Å². The van der Waals surface area contributed by atoms with E-state index in [0.717, 1.165) is 0 Å². The van der Waals surface area contributed by atoms with Gasteiger partial charge in [-0.25, -0.2) is 0 Å². The first-order chi connectivity index (χ1) is 5.70. The van der Waals surface area contributed by atoms with Crippen LogP contribution in [-0.2, 0) is 0 Å². The van der Waals surface area contributed by atoms with E-state index in [1.165, 1.54) is 19.3 Å². The third kappa shape index (κ3) is 1.21. The van der Waals surface area contributed by atoms with Gasteiger partial charge in [-0.05, 0) is 12.1 Å². The van der Waals surface area contributed by atoms with E-state index in [2.05, 4.69) is 6.58 Å². The molecule has 1 rings (SSSR count). The van der Waals surface area contributed by atoms with Crippen LogP contribution < -0.4 is 4.74 Å². The second-order valence-electron chi connectivity index (χ2n) is 2.26. The number of benzene rings is 1. The van der Waals surface area contributed by atoms with Gasteiger partial charge in [0.15, 0.2) is 11.5 Å². The molecule has 3 nitrogen and oxygen atoms in total. The number of aromatic hydroxyl groups is 2. The Morgan fingerprint density at radius 1 is 1.42 bits per heavy atom. The molecule has 64 valence electrons. The van der Waals surface area contributed by atoms with Crippen LogP contribution in [0.2, 0.25) is 0 Å². The van der Waals surface area contributed by atoms with Gasteiger partial charge in [0.25, 0.3) is 0 Å². The van der Waals surface area contributed by atoms with E-state index in [4.69, 9.17) is 4.74 Å². The van der Waals surface area contributed by atoms with Crippen molar-refractivity contribution < 1.29 is 14.9 Å². The highest BCUT2D eigenvalue weighted by molar-refractivity contribution is 5.64. The van der Waals surface area contributed by atoms with Crippen molar-refractivity contribution in [1.82, 2.24) is 0 Å². The Hall–Kier alpha value is -1.64. The Morgan fingerprint density at radius 3 is 2.58 bits per heavy atom. The van der Waals surface area contributed by atoms with Gasteiger partial charge in [-0.2, -0.15) is 0 Å². The van der Waals surface area contributed by atoms with Crippen LogP contribution in [0.4, 0.5) is 0 Å². The summed E-state index contributed by atoms with van der Waals surface area (Å²) < 4.78 is 4.77. The standard InChI is InChI=1S/C9H10O3/c1-3-6-4-5-7(10)9(12-2)8(6)11/h3-5,10-11H,1H2,2H3. The van der Waals surface area contributed by atoms with E-state index in [9.17, 15) is 10.2 Å². The minimum absolute atomic E-state index is 0.0763. The van der Waals surface area contributed by atoms with Gasteiger partial charge in [0.1, 0.15) is 0 Å². The molecule has 2 N–H and O–H groups in total. The molecule has 0 saturated heterocycles. The fourth-order valence-corrected chi connectivity index (χ4v) is 0.942. The van der Waals surface area contributed by atoms with E-state index >= 15 is 0 Å². The SMILES string of the molecule is C=Cc1ccc(O)c(OC)c1O. The lowest BCUT2D eigenvalue weighted by Gasteiger charge is -2.07. The molecule has 0 heterocycles. The Morgan fingerprint density at radius 2 is 2.08 bits per heavy atom. The molecule has 3 heteroatoms. The van der Waals surface area contributed by atoms with E-state index < -0.39 is 0 Å². The summed E-state index contributed by atoms with van der Waals surface area (Å²) in [6.45, 7) is 3.50. The first-order valence-electron chi connectivity index (χ1n) is 3.42. The number of hydrogen-bond acceptors (Lipinski definition) is 3. The second kappa shape index (κ2) is 3.17. The van der Waals surface area contributed by atoms with Gasteiger partial charge in [-0.15, -0.1) is 0 Å². The molecule has 1 aromatic rings. The highest BCUT2D eigenvalue weighted by Gasteiger charge is 2.09. The molecule has 0 aliphatic rings. The molecule has 0 amide bonds. The minimum Gasteiger partial charge on any atom is -0.504 e. The van der Waals surface area contributed by atoms with Crippen LogP contribution in [0.1, 0.15) is 5.56 Å². The van der Waals surface area contributed by atoms with Crippen molar-refractivity contribution in [2.75, 3.05) is 7.11 Å². The molecule has 0 aromatic heterocycles. The molecule has 0 fully saturated rings. The van der Waals surface area contributed by atoms with Crippen LogP contribution in [0, 0.1) is 0 Å². The monoisotopic (exact) mass is 166 g/mol. The molecular weight excluding hydrogens is 156 g/mol. The first-order valence-corrected chi connectivity index (χ1v) is 3.42. The molecule has 0 atom stereocenters. The number of hydrogen-bond donors (Lipinski definition) is 2. The molecule has 0 spiro atoms. The van der Waals surface area contributed by atoms with Gasteiger partial charge in [-0.3, -0.25) is 0 Å². The van der Waals surface area contributed by atoms with Crippen molar-refractivity contribution in [3.63, 3.8) is 0 Å². The maximum atomic E-state index is 9.41. The van der Waals surface area contributed by atoms with Gasteiger partial charge < -0.3 is 14.9 Å². The molecule has 1 aromatic carbocycles. The largest absolute Gasteiger partial charge is 0.504 e. The minimum atomic E-state index is -0.0903. The number of phenols is 2. The van der Waals surface area contributed by atoms with Gasteiger partial charge in [0.05, 0.1) is 7.11 Å². The molecule has 0 aliphatic carbocycles. The van der Waals surface area contributed by atoms with E-state index in [1.807, 2.05) is 0 Å². The first kappa shape index (κ1) is 8.46. The zero-order valence-electron chi connectivity index (χ0n) is 6.74. The van der Waals surface area contributed by atoms with Crippen molar-refractivity contribution in [3.05, 3.63) is 24.3 Å². The molecule has 0 saturated carbocycles. The fourth-order valence-electron chi connectivity index (χ4n) is 0.942. The van der Waals surface area contributed by atoms with E-state index in [-0.39, 0.29) is 17.2 Å². The fraction of sp³-hybridized carbons (Fsp3) is 0.111. The average Bonchev–Trinajstić information content (AvgIpc) is 2.06. The summed E-state index contributed by atoms with van der Waals surface area (Å²) in [5.74, 6) is -0.0968. The van der Waals surface area contributed by atoms with Crippen LogP contribution in [-0.4, -0.2) is 17.3 Å². The van der Waals surface area contributed by atoms with Crippen LogP contribution in [0.3, 0.4) is 0 Å². The maximum Gasteiger partial charge on any atom is 0.203 e. The van der Waals surface area contributed by atoms with Crippen molar-refractivity contribution in [2.45, 2.75) is 0 Å². The predicted octanol–water partition coefficient (Wildman–Crippen LogP) is 1.75. The molecular formula is C9H10O3. The summed E-state index contributed by atoms with van der Waals surface area (Å²) in [5.41, 5.74) is 0.532. The van der Waals surface area contributed by atoms with Gasteiger partial charge >= 0.3 is 0 Å². The van der Waals surface area contributed by atoms with Gasteiger partial charge in [0.2, 0.25) is 5.75 Å². The Balaban J connectivity index is 3.33. The summed E-state index contributed by atoms with van der Waals surface area (Å²) in [7, 11) is 1.38. The van der Waals surface area contributed by atoms with Crippen molar-refractivity contribution in [1.29, 1.82) is 0 Å². The Kier molecular flexibility index (Phi) is 2.24. The summed E-state index contributed by atoms with van der Waals surface area (Å²) in [6, 6.07) is 3.00. The topological polar surface area (TPSA) is 49.7 Å². The second-order valence-corrected chi connectivity index (χ2v) is 2.26. The van der Waals surface area contributed by atoms with Crippen LogP contribution in [0.5, 0.6) is 17.2 Å². The smallest absolute Gasteiger partial charge is 0.203 e. The van der Waals surface area contributed by atoms with Crippen molar-refractivity contribution >= 4 is 6.08 Å². The molecule has 12 heavy (non-hydrogen) atoms. The van der Waals surface area contributed by atoms with Crippen LogP contribution in [0.25, 0.3) is 6.08 Å². The third-order valence-corrected chi connectivity index (χ3v) is 1.57. The summed E-state index contributed by atoms with van der Waals surface area (Å²) in [4.78, 5) is 0. The Labute approximate surface area is 70.5 Å². The van der Waals surface area contributed by atoms with E-state index in [1.54, 1.807) is 6.07 Å². The summed E-state index contributed by atoms with van der Waals surface area (Å²) in [5, 5.41) is 18.6. The third-order valence-electron chi connectivity index (χ3n) is 1.57. The number of phenolic OH excluding ortho intramolecular Hbond substituents is 2. The summed E-state index contributed by atoms with van der Waals surface area (Å²) >= 11 is 0. The van der Waals surface area contributed by atoms with Crippen LogP contribution >= 0.6 is 0 Å². The normalized spacial score (nSPS) is 9.42.